The number of carbonyl (C=O) groups excluding carboxylic acids is 1. The second-order valence-corrected chi connectivity index (χ2v) is 5.69. The Labute approximate surface area is 126 Å². The Morgan fingerprint density at radius 2 is 2.29 bits per heavy atom. The van der Waals surface area contributed by atoms with E-state index in [1.807, 2.05) is 6.07 Å². The smallest absolute Gasteiger partial charge is 0.220 e. The number of aromatic nitrogens is 1. The van der Waals surface area contributed by atoms with E-state index in [0.717, 1.165) is 38.0 Å². The summed E-state index contributed by atoms with van der Waals surface area (Å²) in [4.78, 5) is 18.3. The number of rotatable bonds is 6. The van der Waals surface area contributed by atoms with Crippen molar-refractivity contribution in [2.75, 3.05) is 26.2 Å². The largest absolute Gasteiger partial charge is 0.387 e. The highest BCUT2D eigenvalue weighted by Gasteiger charge is 2.20. The quantitative estimate of drug-likeness (QED) is 0.830. The van der Waals surface area contributed by atoms with Crippen molar-refractivity contribution in [2.45, 2.75) is 32.3 Å². The predicted octanol–water partition coefficient (Wildman–Crippen LogP) is 1.35. The molecule has 0 radical (unpaired) electrons. The van der Waals surface area contributed by atoms with Gasteiger partial charge in [-0.2, -0.15) is 0 Å². The Morgan fingerprint density at radius 3 is 2.90 bits per heavy atom. The van der Waals surface area contributed by atoms with Crippen LogP contribution in [0.5, 0.6) is 0 Å². The summed E-state index contributed by atoms with van der Waals surface area (Å²) < 4.78 is 0. The Balaban J connectivity index is 1.68. The number of hydrogen-bond donors (Lipinski definition) is 2. The van der Waals surface area contributed by atoms with E-state index in [1.165, 1.54) is 0 Å². The van der Waals surface area contributed by atoms with E-state index < -0.39 is 6.10 Å². The van der Waals surface area contributed by atoms with Crippen LogP contribution >= 0.6 is 0 Å². The van der Waals surface area contributed by atoms with E-state index in [-0.39, 0.29) is 12.5 Å². The summed E-state index contributed by atoms with van der Waals surface area (Å²) in [5, 5.41) is 12.8. The van der Waals surface area contributed by atoms with Crippen LogP contribution in [0, 0.1) is 5.92 Å². The number of pyridine rings is 1. The van der Waals surface area contributed by atoms with Gasteiger partial charge in [0.2, 0.25) is 5.91 Å². The minimum atomic E-state index is -0.690. The van der Waals surface area contributed by atoms with Gasteiger partial charge in [-0.05, 0) is 44.5 Å². The van der Waals surface area contributed by atoms with E-state index in [9.17, 15) is 9.90 Å². The molecule has 0 aliphatic carbocycles. The van der Waals surface area contributed by atoms with Crippen molar-refractivity contribution < 1.29 is 9.90 Å². The SMILES string of the molecule is CCN1CCC(CC(=O)NC[C@@H](O)c2cccnc2)CC1. The lowest BCUT2D eigenvalue weighted by Crippen LogP contribution is -2.36. The van der Waals surface area contributed by atoms with Crippen molar-refractivity contribution in [3.8, 4) is 0 Å². The van der Waals surface area contributed by atoms with Gasteiger partial charge in [0.05, 0.1) is 6.10 Å². The average molecular weight is 291 g/mol. The molecule has 5 heteroatoms. The van der Waals surface area contributed by atoms with Crippen LogP contribution in [-0.2, 0) is 4.79 Å². The minimum Gasteiger partial charge on any atom is -0.387 e. The fraction of sp³-hybridized carbons (Fsp3) is 0.625. The van der Waals surface area contributed by atoms with Crippen LogP contribution in [-0.4, -0.2) is 47.1 Å². The van der Waals surface area contributed by atoms with Gasteiger partial charge in [-0.15, -0.1) is 0 Å². The zero-order chi connectivity index (χ0) is 15.1. The van der Waals surface area contributed by atoms with Crippen molar-refractivity contribution in [1.82, 2.24) is 15.2 Å². The Hall–Kier alpha value is -1.46. The molecule has 5 nitrogen and oxygen atoms in total. The lowest BCUT2D eigenvalue weighted by atomic mass is 9.93. The highest BCUT2D eigenvalue weighted by molar-refractivity contribution is 5.76. The standard InChI is InChI=1S/C16H25N3O2/c1-2-19-8-5-13(6-9-19)10-16(21)18-12-15(20)14-4-3-7-17-11-14/h3-4,7,11,13,15,20H,2,5-6,8-10,12H2,1H3,(H,18,21)/t15-/m1/s1. The fourth-order valence-electron chi connectivity index (χ4n) is 2.74. The highest BCUT2D eigenvalue weighted by Crippen LogP contribution is 2.20. The van der Waals surface area contributed by atoms with E-state index in [4.69, 9.17) is 0 Å². The zero-order valence-electron chi connectivity index (χ0n) is 12.7. The molecule has 1 saturated heterocycles. The molecular weight excluding hydrogens is 266 g/mol. The topological polar surface area (TPSA) is 65.5 Å². The van der Waals surface area contributed by atoms with E-state index in [2.05, 4.69) is 22.1 Å². The third kappa shape index (κ3) is 5.10. The zero-order valence-corrected chi connectivity index (χ0v) is 12.7. The summed E-state index contributed by atoms with van der Waals surface area (Å²) in [6.45, 7) is 5.70. The third-order valence-corrected chi connectivity index (χ3v) is 4.19. The molecule has 2 heterocycles. The van der Waals surface area contributed by atoms with Crippen LogP contribution in [0.25, 0.3) is 0 Å². The molecule has 1 amide bonds. The molecule has 1 aliphatic heterocycles. The number of piperidine rings is 1. The molecule has 0 bridgehead atoms. The third-order valence-electron chi connectivity index (χ3n) is 4.19. The number of amides is 1. The molecule has 0 unspecified atom stereocenters. The van der Waals surface area contributed by atoms with Crippen molar-refractivity contribution in [3.05, 3.63) is 30.1 Å². The molecule has 116 valence electrons. The number of hydrogen-bond acceptors (Lipinski definition) is 4. The lowest BCUT2D eigenvalue weighted by Gasteiger charge is -2.30. The van der Waals surface area contributed by atoms with Crippen molar-refractivity contribution in [2.24, 2.45) is 5.92 Å². The number of nitrogens with one attached hydrogen (secondary N) is 1. The van der Waals surface area contributed by atoms with Gasteiger partial charge in [-0.25, -0.2) is 0 Å². The highest BCUT2D eigenvalue weighted by atomic mass is 16.3. The minimum absolute atomic E-state index is 0.0351. The summed E-state index contributed by atoms with van der Waals surface area (Å²) in [7, 11) is 0. The maximum atomic E-state index is 11.9. The van der Waals surface area contributed by atoms with Crippen molar-refractivity contribution >= 4 is 5.91 Å². The molecule has 0 saturated carbocycles. The van der Waals surface area contributed by atoms with Gasteiger partial charge >= 0.3 is 0 Å². The average Bonchev–Trinajstić information content (AvgIpc) is 2.54. The van der Waals surface area contributed by atoms with E-state index in [0.29, 0.717) is 12.3 Å². The maximum absolute atomic E-state index is 11.9. The van der Waals surface area contributed by atoms with Gasteiger partial charge in [0.25, 0.3) is 0 Å². The number of nitrogens with zero attached hydrogens (tertiary/aromatic N) is 2. The van der Waals surface area contributed by atoms with Crippen molar-refractivity contribution in [1.29, 1.82) is 0 Å². The van der Waals surface area contributed by atoms with Crippen LogP contribution in [0.2, 0.25) is 0 Å². The summed E-state index contributed by atoms with van der Waals surface area (Å²) in [6.07, 6.45) is 5.34. The van der Waals surface area contributed by atoms with Gasteiger partial charge in [-0.1, -0.05) is 13.0 Å². The Morgan fingerprint density at radius 1 is 1.52 bits per heavy atom. The predicted molar refractivity (Wildman–Crippen MR) is 81.7 cm³/mol. The molecule has 1 aromatic rings. The molecule has 21 heavy (non-hydrogen) atoms. The summed E-state index contributed by atoms with van der Waals surface area (Å²) in [5.41, 5.74) is 0.731. The number of carbonyl (C=O) groups is 1. The van der Waals surface area contributed by atoms with Crippen LogP contribution in [0.1, 0.15) is 37.9 Å². The first-order chi connectivity index (χ1) is 10.2. The van der Waals surface area contributed by atoms with Gasteiger partial charge in [0.15, 0.2) is 0 Å². The van der Waals surface area contributed by atoms with Gasteiger partial charge < -0.3 is 15.3 Å². The van der Waals surface area contributed by atoms with E-state index >= 15 is 0 Å². The maximum Gasteiger partial charge on any atom is 0.220 e. The van der Waals surface area contributed by atoms with Crippen LogP contribution in [0.3, 0.4) is 0 Å². The monoisotopic (exact) mass is 291 g/mol. The summed E-state index contributed by atoms with van der Waals surface area (Å²) >= 11 is 0. The first kappa shape index (κ1) is 15.9. The molecule has 2 N–H and O–H groups in total. The molecular formula is C16H25N3O2. The van der Waals surface area contributed by atoms with Gasteiger partial charge in [0, 0.05) is 30.9 Å². The molecule has 1 aliphatic rings. The fourth-order valence-corrected chi connectivity index (χ4v) is 2.74. The number of aliphatic hydroxyl groups excluding tert-OH is 1. The Kier molecular flexibility index (Phi) is 6.14. The normalized spacial score (nSPS) is 18.4. The second-order valence-electron chi connectivity index (χ2n) is 5.69. The van der Waals surface area contributed by atoms with E-state index in [1.54, 1.807) is 18.5 Å². The molecule has 1 atom stereocenters. The molecule has 0 aromatic carbocycles. The number of aliphatic hydroxyl groups is 1. The van der Waals surface area contributed by atoms with Crippen LogP contribution in [0.15, 0.2) is 24.5 Å². The van der Waals surface area contributed by atoms with Crippen LogP contribution < -0.4 is 5.32 Å². The molecule has 1 fully saturated rings. The van der Waals surface area contributed by atoms with Gasteiger partial charge in [-0.3, -0.25) is 9.78 Å². The number of likely N-dealkylation sites (tertiary alicyclic amines) is 1. The van der Waals surface area contributed by atoms with Crippen LogP contribution in [0.4, 0.5) is 0 Å². The van der Waals surface area contributed by atoms with Gasteiger partial charge in [0.1, 0.15) is 0 Å². The lowest BCUT2D eigenvalue weighted by molar-refractivity contribution is -0.122. The molecule has 2 rings (SSSR count). The summed E-state index contributed by atoms with van der Waals surface area (Å²) in [5.74, 6) is 0.510. The summed E-state index contributed by atoms with van der Waals surface area (Å²) in [6, 6.07) is 3.59. The first-order valence-corrected chi connectivity index (χ1v) is 7.76. The molecule has 0 spiro atoms. The Bertz CT molecular complexity index is 430. The van der Waals surface area contributed by atoms with Crippen molar-refractivity contribution in [3.63, 3.8) is 0 Å². The second kappa shape index (κ2) is 8.10. The first-order valence-electron chi connectivity index (χ1n) is 7.76. The molecule has 1 aromatic heterocycles.